The summed E-state index contributed by atoms with van der Waals surface area (Å²) >= 11 is 0. The molecule has 0 radical (unpaired) electrons. The summed E-state index contributed by atoms with van der Waals surface area (Å²) in [7, 11) is 1.46. The van der Waals surface area contributed by atoms with E-state index in [9.17, 15) is 14.7 Å². The fraction of sp³-hybridized carbons (Fsp3) is 0.360. The molecular formula is C25H31N3O4. The summed E-state index contributed by atoms with van der Waals surface area (Å²) in [5.41, 5.74) is 8.45. The first-order chi connectivity index (χ1) is 15.3. The van der Waals surface area contributed by atoms with Gasteiger partial charge in [0.1, 0.15) is 6.04 Å². The van der Waals surface area contributed by atoms with Gasteiger partial charge in [-0.2, -0.15) is 0 Å². The van der Waals surface area contributed by atoms with Gasteiger partial charge in [0.05, 0.1) is 7.11 Å². The van der Waals surface area contributed by atoms with E-state index in [0.717, 1.165) is 12.8 Å². The number of methoxy groups -OCH3 is 1. The Hall–Kier alpha value is -3.32. The Labute approximate surface area is 188 Å². The largest absolute Gasteiger partial charge is 0.504 e. The van der Waals surface area contributed by atoms with Gasteiger partial charge in [-0.1, -0.05) is 38.5 Å². The van der Waals surface area contributed by atoms with Crippen LogP contribution in [0.1, 0.15) is 43.7 Å². The van der Waals surface area contributed by atoms with Crippen molar-refractivity contribution in [1.82, 2.24) is 5.32 Å². The van der Waals surface area contributed by atoms with Crippen molar-refractivity contribution in [2.45, 2.75) is 44.7 Å². The van der Waals surface area contributed by atoms with E-state index in [2.05, 4.69) is 10.6 Å². The molecule has 1 saturated carbocycles. The minimum atomic E-state index is -0.678. The molecule has 7 nitrogen and oxygen atoms in total. The SMILES string of the molecule is CCC(C)[C@H](NC(=O)/C=C/c1ccc(O)c(OC)c1)C(=O)Nc1ccc(C2CC2N)cc1. The van der Waals surface area contributed by atoms with Gasteiger partial charge in [-0.3, -0.25) is 9.59 Å². The van der Waals surface area contributed by atoms with Crippen molar-refractivity contribution in [2.24, 2.45) is 11.7 Å². The van der Waals surface area contributed by atoms with Gasteiger partial charge in [-0.05, 0) is 53.8 Å². The van der Waals surface area contributed by atoms with E-state index in [4.69, 9.17) is 10.5 Å². The number of aromatic hydroxyl groups is 1. The lowest BCUT2D eigenvalue weighted by molar-refractivity contribution is -0.125. The van der Waals surface area contributed by atoms with E-state index in [1.165, 1.54) is 24.8 Å². The molecule has 0 heterocycles. The third kappa shape index (κ3) is 5.88. The van der Waals surface area contributed by atoms with Crippen molar-refractivity contribution in [3.05, 3.63) is 59.7 Å². The number of amides is 2. The zero-order chi connectivity index (χ0) is 23.3. The van der Waals surface area contributed by atoms with E-state index in [1.807, 2.05) is 38.1 Å². The van der Waals surface area contributed by atoms with Gasteiger partial charge in [-0.15, -0.1) is 0 Å². The maximum Gasteiger partial charge on any atom is 0.247 e. The lowest BCUT2D eigenvalue weighted by Crippen LogP contribution is -2.47. The van der Waals surface area contributed by atoms with Gasteiger partial charge >= 0.3 is 0 Å². The van der Waals surface area contributed by atoms with Crippen molar-refractivity contribution in [3.63, 3.8) is 0 Å². The van der Waals surface area contributed by atoms with Crippen LogP contribution in [-0.4, -0.2) is 36.1 Å². The number of nitrogens with two attached hydrogens (primary N) is 1. The first-order valence-electron chi connectivity index (χ1n) is 10.8. The Balaban J connectivity index is 1.63. The molecule has 3 rings (SSSR count). The number of ether oxygens (including phenoxy) is 1. The standard InChI is InChI=1S/C25H31N3O4/c1-4-15(2)24(25(31)27-18-9-7-17(8-10-18)19-14-20(19)26)28-23(30)12-6-16-5-11-21(29)22(13-16)32-3/h5-13,15,19-20,24,29H,4,14,26H2,1-3H3,(H,27,31)(H,28,30)/b12-6+/t15?,19?,20?,24-/m0/s1. The summed E-state index contributed by atoms with van der Waals surface area (Å²) in [6.45, 7) is 3.90. The molecule has 3 unspecified atom stereocenters. The highest BCUT2D eigenvalue weighted by Crippen LogP contribution is 2.39. The summed E-state index contributed by atoms with van der Waals surface area (Å²) in [5.74, 6) is 0.0608. The molecule has 0 aromatic heterocycles. The highest BCUT2D eigenvalue weighted by atomic mass is 16.5. The van der Waals surface area contributed by atoms with Gasteiger partial charge in [0, 0.05) is 23.7 Å². The molecule has 2 amide bonds. The molecule has 2 aromatic carbocycles. The first-order valence-corrected chi connectivity index (χ1v) is 10.8. The van der Waals surface area contributed by atoms with Crippen LogP contribution in [0, 0.1) is 5.92 Å². The Morgan fingerprint density at radius 2 is 1.94 bits per heavy atom. The number of hydrogen-bond donors (Lipinski definition) is 4. The van der Waals surface area contributed by atoms with E-state index in [-0.39, 0.29) is 29.5 Å². The number of phenolic OH excluding ortho intramolecular Hbond substituents is 1. The van der Waals surface area contributed by atoms with Crippen molar-refractivity contribution in [2.75, 3.05) is 12.4 Å². The van der Waals surface area contributed by atoms with Gasteiger partial charge in [0.2, 0.25) is 11.8 Å². The molecule has 1 fully saturated rings. The van der Waals surface area contributed by atoms with Crippen LogP contribution in [0.3, 0.4) is 0 Å². The van der Waals surface area contributed by atoms with Gasteiger partial charge in [0.25, 0.3) is 0 Å². The summed E-state index contributed by atoms with van der Waals surface area (Å²) in [6, 6.07) is 12.0. The predicted molar refractivity (Wildman–Crippen MR) is 125 cm³/mol. The topological polar surface area (TPSA) is 114 Å². The van der Waals surface area contributed by atoms with Crippen LogP contribution in [0.15, 0.2) is 48.5 Å². The second-order valence-electron chi connectivity index (χ2n) is 8.25. The number of nitrogens with one attached hydrogen (secondary N) is 2. The van der Waals surface area contributed by atoms with Crippen LogP contribution in [-0.2, 0) is 9.59 Å². The number of phenols is 1. The fourth-order valence-electron chi connectivity index (χ4n) is 3.50. The number of benzene rings is 2. The molecule has 5 N–H and O–H groups in total. The Morgan fingerprint density at radius 3 is 2.53 bits per heavy atom. The first kappa shape index (κ1) is 23.3. The number of hydrogen-bond acceptors (Lipinski definition) is 5. The minimum Gasteiger partial charge on any atom is -0.504 e. The Morgan fingerprint density at radius 1 is 1.25 bits per heavy atom. The monoisotopic (exact) mass is 437 g/mol. The number of carbonyl (C=O) groups is 2. The van der Waals surface area contributed by atoms with Crippen LogP contribution < -0.4 is 21.1 Å². The smallest absolute Gasteiger partial charge is 0.247 e. The van der Waals surface area contributed by atoms with Crippen LogP contribution in [0.25, 0.3) is 6.08 Å². The minimum absolute atomic E-state index is 0.0237. The molecule has 32 heavy (non-hydrogen) atoms. The molecule has 0 aliphatic heterocycles. The highest BCUT2D eigenvalue weighted by Gasteiger charge is 2.34. The van der Waals surface area contributed by atoms with Gasteiger partial charge in [0.15, 0.2) is 11.5 Å². The number of anilines is 1. The predicted octanol–water partition coefficient (Wildman–Crippen LogP) is 3.40. The average molecular weight is 438 g/mol. The highest BCUT2D eigenvalue weighted by molar-refractivity contribution is 6.00. The molecule has 0 saturated heterocycles. The van der Waals surface area contributed by atoms with E-state index in [1.54, 1.807) is 18.2 Å². The molecule has 170 valence electrons. The summed E-state index contributed by atoms with van der Waals surface area (Å²) in [5, 5.41) is 15.4. The van der Waals surface area contributed by atoms with Crippen molar-refractivity contribution in [3.8, 4) is 11.5 Å². The van der Waals surface area contributed by atoms with E-state index < -0.39 is 6.04 Å². The maximum absolute atomic E-state index is 12.9. The lowest BCUT2D eigenvalue weighted by atomic mass is 9.98. The van der Waals surface area contributed by atoms with Crippen LogP contribution in [0.2, 0.25) is 0 Å². The summed E-state index contributed by atoms with van der Waals surface area (Å²) in [4.78, 5) is 25.4. The third-order valence-corrected chi connectivity index (χ3v) is 5.87. The maximum atomic E-state index is 12.9. The van der Waals surface area contributed by atoms with Crippen LogP contribution >= 0.6 is 0 Å². The van der Waals surface area contributed by atoms with Crippen molar-refractivity contribution < 1.29 is 19.4 Å². The van der Waals surface area contributed by atoms with E-state index in [0.29, 0.717) is 22.9 Å². The van der Waals surface area contributed by atoms with Crippen LogP contribution in [0.4, 0.5) is 5.69 Å². The van der Waals surface area contributed by atoms with Crippen molar-refractivity contribution in [1.29, 1.82) is 0 Å². The molecule has 4 atom stereocenters. The number of carbonyl (C=O) groups excluding carboxylic acids is 2. The van der Waals surface area contributed by atoms with Gasteiger partial charge < -0.3 is 26.2 Å². The zero-order valence-electron chi connectivity index (χ0n) is 18.7. The molecule has 7 heteroatoms. The Kier molecular flexibility index (Phi) is 7.53. The van der Waals surface area contributed by atoms with Gasteiger partial charge in [-0.25, -0.2) is 0 Å². The molecule has 1 aliphatic carbocycles. The normalized spacial score (nSPS) is 19.2. The fourth-order valence-corrected chi connectivity index (χ4v) is 3.50. The molecule has 1 aliphatic rings. The third-order valence-electron chi connectivity index (χ3n) is 5.87. The van der Waals surface area contributed by atoms with Crippen molar-refractivity contribution >= 4 is 23.6 Å². The number of rotatable bonds is 9. The molecular weight excluding hydrogens is 406 g/mol. The second-order valence-corrected chi connectivity index (χ2v) is 8.25. The lowest BCUT2D eigenvalue weighted by Gasteiger charge is -2.23. The summed E-state index contributed by atoms with van der Waals surface area (Å²) < 4.78 is 5.08. The second kappa shape index (κ2) is 10.3. The van der Waals surface area contributed by atoms with E-state index >= 15 is 0 Å². The molecule has 0 spiro atoms. The Bertz CT molecular complexity index is 987. The summed E-state index contributed by atoms with van der Waals surface area (Å²) in [6.07, 6.45) is 4.69. The van der Waals surface area contributed by atoms with Crippen LogP contribution in [0.5, 0.6) is 11.5 Å². The zero-order valence-corrected chi connectivity index (χ0v) is 18.7. The quantitative estimate of drug-likeness (QED) is 0.449. The molecule has 2 aromatic rings. The average Bonchev–Trinajstić information content (AvgIpc) is 3.53. The molecule has 0 bridgehead atoms.